The molecule has 9 heteroatoms. The molecule has 9 nitrogen and oxygen atoms in total. The van der Waals surface area contributed by atoms with E-state index in [-0.39, 0.29) is 12.1 Å². The van der Waals surface area contributed by atoms with E-state index in [1.165, 1.54) is 31.2 Å². The van der Waals surface area contributed by atoms with E-state index in [9.17, 15) is 9.90 Å². The number of allylic oxidation sites excluding steroid dienone is 1. The first-order valence-electron chi connectivity index (χ1n) is 14.1. The number of anilines is 2. The van der Waals surface area contributed by atoms with E-state index >= 15 is 0 Å². The van der Waals surface area contributed by atoms with Crippen LogP contribution >= 0.6 is 0 Å². The second kappa shape index (κ2) is 10.3. The van der Waals surface area contributed by atoms with Crippen molar-refractivity contribution in [3.05, 3.63) is 82.4 Å². The third-order valence-corrected chi connectivity index (χ3v) is 8.62. The minimum absolute atomic E-state index is 0.219. The molecule has 0 spiro atoms. The molecule has 1 atom stereocenters. The summed E-state index contributed by atoms with van der Waals surface area (Å²) in [5.41, 5.74) is 3.15. The molecule has 0 aliphatic heterocycles. The van der Waals surface area contributed by atoms with Crippen LogP contribution in [-0.4, -0.2) is 54.5 Å². The Labute approximate surface area is 234 Å². The van der Waals surface area contributed by atoms with Gasteiger partial charge >= 0.3 is 0 Å². The van der Waals surface area contributed by atoms with Gasteiger partial charge in [-0.3, -0.25) is 4.79 Å². The third-order valence-electron chi connectivity index (χ3n) is 8.62. The summed E-state index contributed by atoms with van der Waals surface area (Å²) in [4.78, 5) is 29.7. The van der Waals surface area contributed by atoms with Crippen LogP contribution in [0.1, 0.15) is 61.8 Å². The van der Waals surface area contributed by atoms with E-state index in [4.69, 9.17) is 9.97 Å². The largest absolute Gasteiger partial charge is 0.384 e. The molecule has 2 N–H and O–H groups in total. The Balaban J connectivity index is 1.31. The minimum Gasteiger partial charge on any atom is -0.384 e. The Kier molecular flexibility index (Phi) is 6.80. The molecule has 4 aromatic rings. The normalized spacial score (nSPS) is 22.5. The number of hydrogen-bond acceptors (Lipinski definition) is 7. The first-order chi connectivity index (χ1) is 19.2. The van der Waals surface area contributed by atoms with Gasteiger partial charge in [0.1, 0.15) is 11.0 Å². The lowest BCUT2D eigenvalue weighted by Crippen LogP contribution is -2.31. The lowest BCUT2D eigenvalue weighted by molar-refractivity contribution is 0.0553. The van der Waals surface area contributed by atoms with Gasteiger partial charge in [-0.1, -0.05) is 24.3 Å². The molecule has 3 aromatic heterocycles. The van der Waals surface area contributed by atoms with Gasteiger partial charge < -0.3 is 15.3 Å². The van der Waals surface area contributed by atoms with Crippen LogP contribution in [0.4, 0.5) is 11.6 Å². The van der Waals surface area contributed by atoms with Crippen molar-refractivity contribution in [2.24, 2.45) is 0 Å². The van der Waals surface area contributed by atoms with E-state index in [0.717, 1.165) is 17.7 Å². The van der Waals surface area contributed by atoms with Crippen molar-refractivity contribution in [1.82, 2.24) is 29.2 Å². The quantitative estimate of drug-likeness (QED) is 0.330. The molecule has 1 saturated carbocycles. The van der Waals surface area contributed by atoms with E-state index in [1.807, 2.05) is 12.1 Å². The van der Waals surface area contributed by atoms with E-state index in [1.54, 1.807) is 28.6 Å². The molecule has 0 radical (unpaired) electrons. The van der Waals surface area contributed by atoms with Crippen LogP contribution in [0.3, 0.4) is 0 Å². The van der Waals surface area contributed by atoms with Crippen molar-refractivity contribution in [2.45, 2.75) is 69.6 Å². The van der Waals surface area contributed by atoms with Gasteiger partial charge in [-0.2, -0.15) is 4.98 Å². The van der Waals surface area contributed by atoms with Gasteiger partial charge in [0.25, 0.3) is 5.56 Å². The zero-order valence-electron chi connectivity index (χ0n) is 23.5. The van der Waals surface area contributed by atoms with Crippen LogP contribution < -0.4 is 10.9 Å². The number of benzene rings is 1. The Hall–Kier alpha value is -3.82. The number of nitrogens with one attached hydrogen (secondary N) is 1. The van der Waals surface area contributed by atoms with Crippen molar-refractivity contribution in [1.29, 1.82) is 0 Å². The zero-order chi connectivity index (χ0) is 28.0. The SMILES string of the molecule is C=CCn1c(=O)c2cnc(Nc3ccc(C4CCC(N(C)C)CC4)cc3)nc2n1-c1ccc2c(n1)C(C)(O)CC2. The van der Waals surface area contributed by atoms with Gasteiger partial charge in [0, 0.05) is 17.9 Å². The predicted molar refractivity (Wildman–Crippen MR) is 157 cm³/mol. The van der Waals surface area contributed by atoms with Gasteiger partial charge in [0.05, 0.1) is 12.2 Å². The highest BCUT2D eigenvalue weighted by molar-refractivity contribution is 5.77. The number of rotatable bonds is 7. The van der Waals surface area contributed by atoms with Crippen molar-refractivity contribution >= 4 is 22.7 Å². The number of aromatic nitrogens is 5. The monoisotopic (exact) mass is 539 g/mol. The summed E-state index contributed by atoms with van der Waals surface area (Å²) in [6, 6.07) is 13.1. The molecular weight excluding hydrogens is 502 g/mol. The van der Waals surface area contributed by atoms with Crippen molar-refractivity contribution < 1.29 is 5.11 Å². The fourth-order valence-electron chi connectivity index (χ4n) is 6.26. The number of fused-ring (bicyclic) bond motifs is 2. The molecule has 0 saturated heterocycles. The third kappa shape index (κ3) is 4.73. The van der Waals surface area contributed by atoms with E-state index in [0.29, 0.717) is 46.9 Å². The fourth-order valence-corrected chi connectivity index (χ4v) is 6.26. The van der Waals surface area contributed by atoms with Crippen molar-refractivity contribution in [3.8, 4) is 5.82 Å². The van der Waals surface area contributed by atoms with Gasteiger partial charge in [-0.05, 0) is 94.8 Å². The highest BCUT2D eigenvalue weighted by atomic mass is 16.3. The summed E-state index contributed by atoms with van der Waals surface area (Å²) in [6.07, 6.45) is 9.50. The number of aryl methyl sites for hydroxylation is 1. The number of hydrogen-bond donors (Lipinski definition) is 2. The summed E-state index contributed by atoms with van der Waals surface area (Å²) < 4.78 is 3.25. The highest BCUT2D eigenvalue weighted by Gasteiger charge is 2.34. The van der Waals surface area contributed by atoms with Crippen LogP contribution in [0.15, 0.2) is 60.0 Å². The molecule has 6 rings (SSSR count). The number of aliphatic hydroxyl groups is 1. The van der Waals surface area contributed by atoms with Gasteiger partial charge in [-0.25, -0.2) is 19.3 Å². The average Bonchev–Trinajstić information content (AvgIpc) is 3.41. The second-order valence-electron chi connectivity index (χ2n) is 11.6. The smallest absolute Gasteiger partial charge is 0.278 e. The molecule has 1 aromatic carbocycles. The van der Waals surface area contributed by atoms with Crippen LogP contribution in [-0.2, 0) is 18.6 Å². The molecular formula is C31H37N7O2. The molecule has 1 unspecified atom stereocenters. The standard InChI is InChI=1S/C31H37N7O2/c1-5-18-37-29(39)25-19-32-30(33-23-11-6-20(7-12-23)21-8-13-24(14-9-21)36(3)4)35-28(25)38(37)26-15-10-22-16-17-31(2,40)27(22)34-26/h5-7,10-12,15,19,21,24,40H,1,8-9,13-14,16-18H2,2-4H3,(H,32,33,35). The fraction of sp³-hybridized carbons (Fsp3) is 0.419. The first kappa shape index (κ1) is 26.4. The minimum atomic E-state index is -1.00. The number of pyridine rings is 1. The Bertz CT molecular complexity index is 1610. The molecule has 0 bridgehead atoms. The maximum Gasteiger partial charge on any atom is 0.278 e. The average molecular weight is 540 g/mol. The maximum absolute atomic E-state index is 13.3. The van der Waals surface area contributed by atoms with Crippen LogP contribution in [0, 0.1) is 0 Å². The van der Waals surface area contributed by atoms with Crippen molar-refractivity contribution in [3.63, 3.8) is 0 Å². The number of nitrogens with zero attached hydrogens (tertiary/aromatic N) is 6. The lowest BCUT2D eigenvalue weighted by Gasteiger charge is -2.32. The van der Waals surface area contributed by atoms with Crippen molar-refractivity contribution in [2.75, 3.05) is 19.4 Å². The van der Waals surface area contributed by atoms with Gasteiger partial charge in [-0.15, -0.1) is 6.58 Å². The van der Waals surface area contributed by atoms with E-state index < -0.39 is 5.60 Å². The molecule has 2 aliphatic rings. The molecule has 208 valence electrons. The Morgan fingerprint density at radius 1 is 1.12 bits per heavy atom. The van der Waals surface area contributed by atoms with Crippen LogP contribution in [0.2, 0.25) is 0 Å². The molecule has 0 amide bonds. The Morgan fingerprint density at radius 2 is 1.88 bits per heavy atom. The summed E-state index contributed by atoms with van der Waals surface area (Å²) in [5, 5.41) is 14.6. The van der Waals surface area contributed by atoms with Gasteiger partial charge in [0.2, 0.25) is 5.95 Å². The van der Waals surface area contributed by atoms with Gasteiger partial charge in [0.15, 0.2) is 11.5 Å². The summed E-state index contributed by atoms with van der Waals surface area (Å²) in [5.74, 6) is 1.51. The zero-order valence-corrected chi connectivity index (χ0v) is 23.5. The summed E-state index contributed by atoms with van der Waals surface area (Å²) in [6.45, 7) is 5.89. The van der Waals surface area contributed by atoms with Crippen LogP contribution in [0.5, 0.6) is 0 Å². The Morgan fingerprint density at radius 3 is 2.58 bits per heavy atom. The first-order valence-corrected chi connectivity index (χ1v) is 14.1. The second-order valence-corrected chi connectivity index (χ2v) is 11.6. The summed E-state index contributed by atoms with van der Waals surface area (Å²) >= 11 is 0. The van der Waals surface area contributed by atoms with E-state index in [2.05, 4.69) is 60.1 Å². The topological polar surface area (TPSA) is 101 Å². The maximum atomic E-state index is 13.3. The van der Waals surface area contributed by atoms with Crippen LogP contribution in [0.25, 0.3) is 16.9 Å². The molecule has 2 aliphatic carbocycles. The lowest BCUT2D eigenvalue weighted by atomic mass is 9.81. The summed E-state index contributed by atoms with van der Waals surface area (Å²) in [7, 11) is 4.34. The molecule has 1 fully saturated rings. The predicted octanol–water partition coefficient (Wildman–Crippen LogP) is 4.65. The molecule has 3 heterocycles. The molecule has 40 heavy (non-hydrogen) atoms. The highest BCUT2D eigenvalue weighted by Crippen LogP contribution is 2.36.